The molecule has 1 heterocycles. The summed E-state index contributed by atoms with van der Waals surface area (Å²) in [6.07, 6.45) is 2.07. The van der Waals surface area contributed by atoms with Gasteiger partial charge in [-0.3, -0.25) is 4.99 Å². The van der Waals surface area contributed by atoms with E-state index in [0.717, 1.165) is 67.6 Å². The molecule has 6 nitrogen and oxygen atoms in total. The molecule has 1 aromatic rings. The van der Waals surface area contributed by atoms with Gasteiger partial charge >= 0.3 is 0 Å². The highest BCUT2D eigenvalue weighted by Gasteiger charge is 2.15. The van der Waals surface area contributed by atoms with Crippen LogP contribution in [0.5, 0.6) is 5.75 Å². The van der Waals surface area contributed by atoms with E-state index in [0.29, 0.717) is 12.5 Å². The van der Waals surface area contributed by atoms with E-state index in [9.17, 15) is 0 Å². The summed E-state index contributed by atoms with van der Waals surface area (Å²) in [5.41, 5.74) is 1.15. The average molecular weight is 414 g/mol. The zero-order valence-electron chi connectivity index (χ0n) is 15.0. The van der Waals surface area contributed by atoms with E-state index in [1.165, 1.54) is 0 Å². The van der Waals surface area contributed by atoms with E-state index >= 15 is 0 Å². The molecular formula is C18H28BrN3O3. The summed E-state index contributed by atoms with van der Waals surface area (Å²) in [5.74, 6) is 2.19. The zero-order valence-corrected chi connectivity index (χ0v) is 16.6. The maximum Gasteiger partial charge on any atom is 0.191 e. The molecule has 0 radical (unpaired) electrons. The number of methoxy groups -OCH3 is 1. The molecule has 1 atom stereocenters. The van der Waals surface area contributed by atoms with Crippen LogP contribution in [0.25, 0.3) is 0 Å². The van der Waals surface area contributed by atoms with Crippen molar-refractivity contribution in [2.24, 2.45) is 10.9 Å². The molecule has 0 saturated carbocycles. The lowest BCUT2D eigenvalue weighted by Gasteiger charge is -2.13. The van der Waals surface area contributed by atoms with Crippen molar-refractivity contribution in [3.05, 3.63) is 28.2 Å². The standard InChI is InChI=1S/C18H28BrN3O3/c1-20-18(21-7-3-8-24-12-15-6-9-25-13-15)22-11-14-4-5-17(23-2)16(19)10-14/h4-5,10,15H,3,6-9,11-13H2,1-2H3,(H2,20,21,22). The number of hydrogen-bond acceptors (Lipinski definition) is 4. The lowest BCUT2D eigenvalue weighted by atomic mass is 10.1. The van der Waals surface area contributed by atoms with Gasteiger partial charge in [0.15, 0.2) is 5.96 Å². The molecule has 2 N–H and O–H groups in total. The van der Waals surface area contributed by atoms with Gasteiger partial charge in [0.05, 0.1) is 24.8 Å². The number of rotatable bonds is 9. The van der Waals surface area contributed by atoms with Gasteiger partial charge in [0.25, 0.3) is 0 Å². The second-order valence-corrected chi connectivity index (χ2v) is 6.83. The number of nitrogens with one attached hydrogen (secondary N) is 2. The van der Waals surface area contributed by atoms with Crippen LogP contribution in [0.1, 0.15) is 18.4 Å². The smallest absolute Gasteiger partial charge is 0.191 e. The van der Waals surface area contributed by atoms with E-state index in [1.54, 1.807) is 14.2 Å². The Morgan fingerprint density at radius 1 is 1.40 bits per heavy atom. The molecule has 0 aromatic heterocycles. The third-order valence-corrected chi connectivity index (χ3v) is 4.65. The molecule has 1 unspecified atom stereocenters. The largest absolute Gasteiger partial charge is 0.496 e. The fourth-order valence-electron chi connectivity index (χ4n) is 2.57. The van der Waals surface area contributed by atoms with Crippen LogP contribution >= 0.6 is 15.9 Å². The van der Waals surface area contributed by atoms with Crippen molar-refractivity contribution in [1.29, 1.82) is 0 Å². The van der Waals surface area contributed by atoms with Crippen LogP contribution in [0.2, 0.25) is 0 Å². The number of hydrogen-bond donors (Lipinski definition) is 2. The molecule has 1 saturated heterocycles. The number of benzene rings is 1. The Hall–Kier alpha value is -1.31. The van der Waals surface area contributed by atoms with Gasteiger partial charge in [-0.25, -0.2) is 0 Å². The zero-order chi connectivity index (χ0) is 17.9. The molecule has 140 valence electrons. The van der Waals surface area contributed by atoms with Gasteiger partial charge < -0.3 is 24.8 Å². The summed E-state index contributed by atoms with van der Waals surface area (Å²) in [5, 5.41) is 6.61. The normalized spacial score (nSPS) is 17.6. The number of ether oxygens (including phenoxy) is 3. The molecule has 0 aliphatic carbocycles. The van der Waals surface area contributed by atoms with Gasteiger partial charge in [0.1, 0.15) is 5.75 Å². The van der Waals surface area contributed by atoms with Crippen molar-refractivity contribution in [3.8, 4) is 5.75 Å². The summed E-state index contributed by atoms with van der Waals surface area (Å²) >= 11 is 3.50. The van der Waals surface area contributed by atoms with Crippen LogP contribution < -0.4 is 15.4 Å². The van der Waals surface area contributed by atoms with Crippen molar-refractivity contribution in [2.45, 2.75) is 19.4 Å². The monoisotopic (exact) mass is 413 g/mol. The highest BCUT2D eigenvalue weighted by Crippen LogP contribution is 2.25. The van der Waals surface area contributed by atoms with Crippen molar-refractivity contribution < 1.29 is 14.2 Å². The molecule has 0 spiro atoms. The first-order valence-corrected chi connectivity index (χ1v) is 9.44. The van der Waals surface area contributed by atoms with Crippen molar-refractivity contribution >= 4 is 21.9 Å². The van der Waals surface area contributed by atoms with E-state index in [-0.39, 0.29) is 0 Å². The summed E-state index contributed by atoms with van der Waals surface area (Å²) in [7, 11) is 3.44. The van der Waals surface area contributed by atoms with Gasteiger partial charge in [0, 0.05) is 39.3 Å². The Morgan fingerprint density at radius 2 is 2.28 bits per heavy atom. The van der Waals surface area contributed by atoms with E-state index in [2.05, 4.69) is 31.6 Å². The SMILES string of the molecule is CN=C(NCCCOCC1CCOC1)NCc1ccc(OC)c(Br)c1. The van der Waals surface area contributed by atoms with Gasteiger partial charge in [-0.05, 0) is 46.5 Å². The summed E-state index contributed by atoms with van der Waals surface area (Å²) in [6, 6.07) is 6.02. The fourth-order valence-corrected chi connectivity index (χ4v) is 3.16. The van der Waals surface area contributed by atoms with Crippen LogP contribution in [0, 0.1) is 5.92 Å². The first-order valence-electron chi connectivity index (χ1n) is 8.65. The first kappa shape index (κ1) is 20.0. The number of nitrogens with zero attached hydrogens (tertiary/aromatic N) is 1. The highest BCUT2D eigenvalue weighted by atomic mass is 79.9. The van der Waals surface area contributed by atoms with Crippen molar-refractivity contribution in [2.75, 3.05) is 47.1 Å². The molecule has 1 fully saturated rings. The molecule has 25 heavy (non-hydrogen) atoms. The molecule has 2 rings (SSSR count). The van der Waals surface area contributed by atoms with Gasteiger partial charge in [0.2, 0.25) is 0 Å². The fraction of sp³-hybridized carbons (Fsp3) is 0.611. The molecule has 7 heteroatoms. The third kappa shape index (κ3) is 7.22. The third-order valence-electron chi connectivity index (χ3n) is 4.04. The maximum absolute atomic E-state index is 5.70. The Bertz CT molecular complexity index is 548. The van der Waals surface area contributed by atoms with E-state index in [4.69, 9.17) is 14.2 Å². The summed E-state index contributed by atoms with van der Waals surface area (Å²) < 4.78 is 17.2. The maximum atomic E-state index is 5.70. The molecule has 0 bridgehead atoms. The van der Waals surface area contributed by atoms with Crippen LogP contribution in [-0.4, -0.2) is 53.1 Å². The van der Waals surface area contributed by atoms with E-state index < -0.39 is 0 Å². The topological polar surface area (TPSA) is 64.1 Å². The quantitative estimate of drug-likeness (QED) is 0.370. The second-order valence-electron chi connectivity index (χ2n) is 5.98. The Kier molecular flexibility index (Phi) is 9.07. The minimum atomic E-state index is 0.575. The summed E-state index contributed by atoms with van der Waals surface area (Å²) in [4.78, 5) is 4.24. The van der Waals surface area contributed by atoms with Gasteiger partial charge in [-0.15, -0.1) is 0 Å². The highest BCUT2D eigenvalue weighted by molar-refractivity contribution is 9.10. The van der Waals surface area contributed by atoms with E-state index in [1.807, 2.05) is 18.2 Å². The van der Waals surface area contributed by atoms with Crippen molar-refractivity contribution in [3.63, 3.8) is 0 Å². The van der Waals surface area contributed by atoms with Gasteiger partial charge in [-0.1, -0.05) is 6.07 Å². The lowest BCUT2D eigenvalue weighted by Crippen LogP contribution is -2.37. The van der Waals surface area contributed by atoms with Crippen LogP contribution in [-0.2, 0) is 16.0 Å². The van der Waals surface area contributed by atoms with Crippen LogP contribution in [0.3, 0.4) is 0 Å². The van der Waals surface area contributed by atoms with Crippen LogP contribution in [0.4, 0.5) is 0 Å². The van der Waals surface area contributed by atoms with Gasteiger partial charge in [-0.2, -0.15) is 0 Å². The number of aliphatic imine (C=N–C) groups is 1. The molecule has 0 amide bonds. The molecule has 1 aliphatic rings. The average Bonchev–Trinajstić information content (AvgIpc) is 3.14. The second kappa shape index (κ2) is 11.3. The molecule has 1 aliphatic heterocycles. The predicted molar refractivity (Wildman–Crippen MR) is 103 cm³/mol. The minimum absolute atomic E-state index is 0.575. The molecule has 1 aromatic carbocycles. The van der Waals surface area contributed by atoms with Crippen molar-refractivity contribution in [1.82, 2.24) is 10.6 Å². The first-order chi connectivity index (χ1) is 12.2. The predicted octanol–water partition coefficient (Wildman–Crippen LogP) is 2.57. The minimum Gasteiger partial charge on any atom is -0.496 e. The number of guanidine groups is 1. The number of halogens is 1. The summed E-state index contributed by atoms with van der Waals surface area (Å²) in [6.45, 7) is 4.80. The van der Waals surface area contributed by atoms with Crippen LogP contribution in [0.15, 0.2) is 27.7 Å². The Morgan fingerprint density at radius 3 is 2.96 bits per heavy atom. The lowest BCUT2D eigenvalue weighted by molar-refractivity contribution is 0.0888. The molecular weight excluding hydrogens is 386 g/mol. The Labute approximate surface area is 158 Å². The Balaban J connectivity index is 1.59.